The molecular weight excluding hydrogens is 226 g/mol. The third kappa shape index (κ3) is 2.27. The summed E-state index contributed by atoms with van der Waals surface area (Å²) in [6.07, 6.45) is 3.31. The molecule has 1 aromatic rings. The zero-order valence-electron chi connectivity index (χ0n) is 11.3. The fourth-order valence-electron chi connectivity index (χ4n) is 3.13. The van der Waals surface area contributed by atoms with Crippen molar-refractivity contribution in [1.82, 2.24) is 14.9 Å². The Morgan fingerprint density at radius 1 is 1.17 bits per heavy atom. The van der Waals surface area contributed by atoms with Gasteiger partial charge in [-0.3, -0.25) is 4.90 Å². The molecule has 4 nitrogen and oxygen atoms in total. The van der Waals surface area contributed by atoms with Crippen molar-refractivity contribution >= 4 is 0 Å². The maximum absolute atomic E-state index is 5.50. The molecule has 3 rings (SSSR count). The van der Waals surface area contributed by atoms with Gasteiger partial charge in [-0.05, 0) is 32.3 Å². The van der Waals surface area contributed by atoms with E-state index in [0.29, 0.717) is 6.04 Å². The molecule has 0 saturated carbocycles. The van der Waals surface area contributed by atoms with Gasteiger partial charge in [-0.1, -0.05) is 0 Å². The first-order valence-corrected chi connectivity index (χ1v) is 6.89. The van der Waals surface area contributed by atoms with Crippen LogP contribution in [0.3, 0.4) is 0 Å². The molecule has 18 heavy (non-hydrogen) atoms. The van der Waals surface area contributed by atoms with E-state index in [0.717, 1.165) is 45.0 Å². The van der Waals surface area contributed by atoms with Gasteiger partial charge in [0.05, 0.1) is 6.61 Å². The van der Waals surface area contributed by atoms with Crippen molar-refractivity contribution < 1.29 is 4.74 Å². The minimum Gasteiger partial charge on any atom is -0.380 e. The molecule has 1 saturated heterocycles. The summed E-state index contributed by atoms with van der Waals surface area (Å²) in [7, 11) is 0. The van der Waals surface area contributed by atoms with Gasteiger partial charge in [-0.15, -0.1) is 0 Å². The van der Waals surface area contributed by atoms with Crippen molar-refractivity contribution in [3.8, 4) is 0 Å². The number of aryl methyl sites for hydroxylation is 2. The summed E-state index contributed by atoms with van der Waals surface area (Å²) < 4.78 is 5.50. The third-order valence-corrected chi connectivity index (χ3v) is 4.12. The second-order valence-corrected chi connectivity index (χ2v) is 5.33. The number of hydrogen-bond donors (Lipinski definition) is 0. The van der Waals surface area contributed by atoms with Crippen LogP contribution in [0.2, 0.25) is 0 Å². The van der Waals surface area contributed by atoms with Crippen LogP contribution >= 0.6 is 0 Å². The van der Waals surface area contributed by atoms with Gasteiger partial charge in [0.1, 0.15) is 5.82 Å². The zero-order valence-corrected chi connectivity index (χ0v) is 11.3. The first-order chi connectivity index (χ1) is 8.74. The Kier molecular flexibility index (Phi) is 3.31. The Balaban J connectivity index is 1.79. The number of nitrogens with zero attached hydrogens (tertiary/aromatic N) is 3. The Hall–Kier alpha value is -1.00. The molecule has 1 atom stereocenters. The van der Waals surface area contributed by atoms with E-state index in [9.17, 15) is 0 Å². The fraction of sp³-hybridized carbons (Fsp3) is 0.714. The lowest BCUT2D eigenvalue weighted by atomic mass is 10.1. The van der Waals surface area contributed by atoms with Crippen LogP contribution in [0.25, 0.3) is 0 Å². The molecule has 0 bridgehead atoms. The molecular formula is C14H21N3O. The van der Waals surface area contributed by atoms with Gasteiger partial charge in [0.2, 0.25) is 0 Å². The van der Waals surface area contributed by atoms with Crippen LogP contribution in [-0.4, -0.2) is 47.2 Å². The Morgan fingerprint density at radius 3 is 2.78 bits per heavy atom. The van der Waals surface area contributed by atoms with E-state index in [1.54, 1.807) is 0 Å². The zero-order chi connectivity index (χ0) is 12.5. The molecule has 0 N–H and O–H groups in total. The number of aromatic nitrogens is 2. The van der Waals surface area contributed by atoms with Gasteiger partial charge in [-0.2, -0.15) is 0 Å². The van der Waals surface area contributed by atoms with Crippen LogP contribution in [0.4, 0.5) is 0 Å². The highest BCUT2D eigenvalue weighted by Crippen LogP contribution is 2.20. The first kappa shape index (κ1) is 12.1. The molecule has 98 valence electrons. The molecule has 2 aliphatic rings. The molecule has 0 aromatic carbocycles. The number of fused-ring (bicyclic) bond motifs is 1. The van der Waals surface area contributed by atoms with E-state index >= 15 is 0 Å². The monoisotopic (exact) mass is 247 g/mol. The van der Waals surface area contributed by atoms with Gasteiger partial charge < -0.3 is 4.74 Å². The third-order valence-electron chi connectivity index (χ3n) is 4.12. The summed E-state index contributed by atoms with van der Waals surface area (Å²) in [5, 5.41) is 0. The van der Waals surface area contributed by atoms with E-state index in [-0.39, 0.29) is 0 Å². The van der Waals surface area contributed by atoms with Crippen molar-refractivity contribution in [2.75, 3.05) is 26.3 Å². The maximum atomic E-state index is 5.50. The second kappa shape index (κ2) is 4.94. The minimum absolute atomic E-state index is 0.619. The highest BCUT2D eigenvalue weighted by molar-refractivity contribution is 5.27. The van der Waals surface area contributed by atoms with Crippen molar-refractivity contribution in [3.05, 3.63) is 22.8 Å². The smallest absolute Gasteiger partial charge is 0.125 e. The number of rotatable bonds is 1. The summed E-state index contributed by atoms with van der Waals surface area (Å²) >= 11 is 0. The van der Waals surface area contributed by atoms with Crippen LogP contribution in [0.1, 0.15) is 29.2 Å². The van der Waals surface area contributed by atoms with Crippen molar-refractivity contribution in [2.24, 2.45) is 0 Å². The van der Waals surface area contributed by atoms with Crippen LogP contribution in [0.5, 0.6) is 0 Å². The van der Waals surface area contributed by atoms with Crippen LogP contribution in [0.15, 0.2) is 0 Å². The molecule has 4 heteroatoms. The number of ether oxygens (including phenoxy) is 1. The molecule has 0 aliphatic carbocycles. The van der Waals surface area contributed by atoms with E-state index in [4.69, 9.17) is 4.74 Å². The van der Waals surface area contributed by atoms with Crippen LogP contribution < -0.4 is 0 Å². The Bertz CT molecular complexity index is 441. The van der Waals surface area contributed by atoms with Crippen molar-refractivity contribution in [1.29, 1.82) is 0 Å². The first-order valence-electron chi connectivity index (χ1n) is 6.89. The standard InChI is InChI=1S/C14H21N3O/c1-10-13-3-6-17(12-5-8-18-9-12)7-4-14(13)16-11(2)15-10/h12H,3-9H2,1-2H3. The quantitative estimate of drug-likeness (QED) is 0.749. The normalized spacial score (nSPS) is 24.9. The molecule has 0 radical (unpaired) electrons. The molecule has 3 heterocycles. The summed E-state index contributed by atoms with van der Waals surface area (Å²) in [6, 6.07) is 0.619. The van der Waals surface area contributed by atoms with Crippen LogP contribution in [0, 0.1) is 13.8 Å². The highest BCUT2D eigenvalue weighted by atomic mass is 16.5. The average molecular weight is 247 g/mol. The lowest BCUT2D eigenvalue weighted by Crippen LogP contribution is -2.37. The molecule has 1 fully saturated rings. The Labute approximate surface area is 108 Å². The molecule has 0 spiro atoms. The lowest BCUT2D eigenvalue weighted by molar-refractivity contribution is 0.147. The SMILES string of the molecule is Cc1nc(C)c2c(n1)CCN(C1CCOC1)CC2. The minimum atomic E-state index is 0.619. The molecule has 2 aliphatic heterocycles. The molecule has 1 unspecified atom stereocenters. The average Bonchev–Trinajstić information content (AvgIpc) is 2.77. The highest BCUT2D eigenvalue weighted by Gasteiger charge is 2.26. The molecule has 0 amide bonds. The van der Waals surface area contributed by atoms with Crippen molar-refractivity contribution in [3.63, 3.8) is 0 Å². The fourth-order valence-corrected chi connectivity index (χ4v) is 3.13. The van der Waals surface area contributed by atoms with Crippen LogP contribution in [-0.2, 0) is 17.6 Å². The van der Waals surface area contributed by atoms with Crippen molar-refractivity contribution in [2.45, 2.75) is 39.2 Å². The van der Waals surface area contributed by atoms with Gasteiger partial charge in [0.15, 0.2) is 0 Å². The predicted molar refractivity (Wildman–Crippen MR) is 69.7 cm³/mol. The van der Waals surface area contributed by atoms with E-state index < -0.39 is 0 Å². The van der Waals surface area contributed by atoms with Gasteiger partial charge in [0.25, 0.3) is 0 Å². The van der Waals surface area contributed by atoms with Gasteiger partial charge in [-0.25, -0.2) is 9.97 Å². The summed E-state index contributed by atoms with van der Waals surface area (Å²) in [6.45, 7) is 8.15. The van der Waals surface area contributed by atoms with Gasteiger partial charge in [0, 0.05) is 43.5 Å². The van der Waals surface area contributed by atoms with E-state index in [1.165, 1.54) is 23.4 Å². The topological polar surface area (TPSA) is 38.2 Å². The lowest BCUT2D eigenvalue weighted by Gasteiger charge is -2.25. The summed E-state index contributed by atoms with van der Waals surface area (Å²) in [5.74, 6) is 0.906. The van der Waals surface area contributed by atoms with E-state index in [1.807, 2.05) is 6.92 Å². The maximum Gasteiger partial charge on any atom is 0.125 e. The largest absolute Gasteiger partial charge is 0.380 e. The second-order valence-electron chi connectivity index (χ2n) is 5.33. The number of hydrogen-bond acceptors (Lipinski definition) is 4. The van der Waals surface area contributed by atoms with E-state index in [2.05, 4.69) is 21.8 Å². The summed E-state index contributed by atoms with van der Waals surface area (Å²) in [4.78, 5) is 11.7. The van der Waals surface area contributed by atoms with Gasteiger partial charge >= 0.3 is 0 Å². The molecule has 1 aromatic heterocycles. The predicted octanol–water partition coefficient (Wildman–Crippen LogP) is 1.28. The summed E-state index contributed by atoms with van der Waals surface area (Å²) in [5.41, 5.74) is 3.81. The Morgan fingerprint density at radius 2 is 2.00 bits per heavy atom.